The van der Waals surface area contributed by atoms with Crippen molar-refractivity contribution in [2.75, 3.05) is 0 Å². The van der Waals surface area contributed by atoms with E-state index in [4.69, 9.17) is 0 Å². The maximum atomic E-state index is 11.1. The zero-order valence-electron chi connectivity index (χ0n) is 15.1. The van der Waals surface area contributed by atoms with Gasteiger partial charge in [-0.05, 0) is 35.5 Å². The molecule has 2 aliphatic carbocycles. The molecule has 136 valence electrons. The summed E-state index contributed by atoms with van der Waals surface area (Å²) in [6.45, 7) is 0. The number of aromatic nitrogens is 3. The summed E-state index contributed by atoms with van der Waals surface area (Å²) in [6, 6.07) is 0. The van der Waals surface area contributed by atoms with Crippen LogP contribution in [0.25, 0.3) is 0 Å². The number of rotatable bonds is 5. The summed E-state index contributed by atoms with van der Waals surface area (Å²) < 4.78 is 0. The van der Waals surface area contributed by atoms with Gasteiger partial charge in [0.15, 0.2) is 0 Å². The van der Waals surface area contributed by atoms with Crippen molar-refractivity contribution < 1.29 is 61.2 Å². The van der Waals surface area contributed by atoms with Crippen LogP contribution in [0.1, 0.15) is 93.5 Å². The summed E-state index contributed by atoms with van der Waals surface area (Å²) in [4.78, 5) is 33.2. The molecular formula is C16H22KN5O4. The number of nitrogens with zero attached hydrogens (tertiary/aromatic N) is 5. The van der Waals surface area contributed by atoms with Gasteiger partial charge in [-0.25, -0.2) is 15.0 Å². The molecule has 0 N–H and O–H groups in total. The molecule has 10 heteroatoms. The minimum atomic E-state index is -1.16. The molecule has 1 aromatic heterocycles. The van der Waals surface area contributed by atoms with Crippen molar-refractivity contribution in [3.63, 3.8) is 0 Å². The monoisotopic (exact) mass is 387 g/mol. The van der Waals surface area contributed by atoms with Gasteiger partial charge in [0, 0.05) is 11.8 Å². The van der Waals surface area contributed by atoms with Crippen molar-refractivity contribution >= 4 is 0 Å². The minimum Gasteiger partial charge on any atom is -0.288 e. The molecule has 9 nitrogen and oxygen atoms in total. The van der Waals surface area contributed by atoms with E-state index in [2.05, 4.69) is 15.0 Å². The Hall–Kier alpha value is -0.684. The van der Waals surface area contributed by atoms with Gasteiger partial charge in [-0.15, -0.1) is 0 Å². The predicted octanol–water partition coefficient (Wildman–Crippen LogP) is 0.362. The normalized spacial score (nSPS) is 18.8. The zero-order chi connectivity index (χ0) is 17.8. The van der Waals surface area contributed by atoms with Crippen molar-refractivity contribution in [2.24, 2.45) is 0 Å². The summed E-state index contributed by atoms with van der Waals surface area (Å²) in [6.07, 6.45) is 9.07. The quantitative estimate of drug-likeness (QED) is 0.309. The molecule has 0 atom stereocenters. The third-order valence-corrected chi connectivity index (χ3v) is 5.16. The number of hydrogen-bond donors (Lipinski definition) is 0. The summed E-state index contributed by atoms with van der Waals surface area (Å²) in [5.74, 6) is 0.805. The molecular weight excluding hydrogens is 365 g/mol. The van der Waals surface area contributed by atoms with Gasteiger partial charge >= 0.3 is 57.6 Å². The van der Waals surface area contributed by atoms with Gasteiger partial charge in [0.25, 0.3) is 0 Å². The van der Waals surface area contributed by atoms with Crippen LogP contribution in [0.2, 0.25) is 0 Å². The third kappa shape index (κ3) is 5.19. The van der Waals surface area contributed by atoms with Crippen LogP contribution < -0.4 is 51.4 Å². The SMILES string of the molecule is O=[N+]([O-])[C-](c1nc(C2CCCCC2)nc(C2CCCCC2)n1)[N+](=O)[O-].[K+]. The van der Waals surface area contributed by atoms with Gasteiger partial charge < -0.3 is 0 Å². The topological polar surface area (TPSA) is 125 Å². The molecule has 0 amide bonds. The molecule has 1 heterocycles. The van der Waals surface area contributed by atoms with Gasteiger partial charge in [-0.2, -0.15) is 0 Å². The second-order valence-corrected chi connectivity index (χ2v) is 6.88. The van der Waals surface area contributed by atoms with Crippen LogP contribution in [0.5, 0.6) is 0 Å². The number of hydrogen-bond acceptors (Lipinski definition) is 7. The van der Waals surface area contributed by atoms with E-state index in [-0.39, 0.29) is 63.2 Å². The standard InChI is InChI=1S/C16H22N5O4.K/c22-20(23)16(21(24)25)15-18-13(11-7-3-1-4-8-11)17-14(19-15)12-9-5-2-6-10-12;/h11-12H,1-10H2;/q-1;+1. The molecule has 0 aliphatic heterocycles. The molecule has 0 unspecified atom stereocenters. The molecule has 0 radical (unpaired) electrons. The largest absolute Gasteiger partial charge is 1.00 e. The van der Waals surface area contributed by atoms with Gasteiger partial charge in [0.1, 0.15) is 17.5 Å². The second kappa shape index (κ2) is 10.0. The Labute approximate surface area is 194 Å². The van der Waals surface area contributed by atoms with Crippen LogP contribution in [0.3, 0.4) is 0 Å². The van der Waals surface area contributed by atoms with Crippen LogP contribution in [-0.4, -0.2) is 24.8 Å². The summed E-state index contributed by atoms with van der Waals surface area (Å²) >= 11 is 0. The Bertz CT molecular complexity index is 597. The fourth-order valence-electron chi connectivity index (χ4n) is 3.83. The average Bonchev–Trinajstić information content (AvgIpc) is 2.62. The molecule has 2 fully saturated rings. The molecule has 2 aliphatic rings. The van der Waals surface area contributed by atoms with Crippen LogP contribution in [-0.2, 0) is 0 Å². The van der Waals surface area contributed by atoms with E-state index in [1.165, 1.54) is 0 Å². The molecule has 0 spiro atoms. The van der Waals surface area contributed by atoms with E-state index in [0.717, 1.165) is 64.2 Å². The van der Waals surface area contributed by atoms with Crippen LogP contribution in [0.4, 0.5) is 0 Å². The fraction of sp³-hybridized carbons (Fsp3) is 0.750. The molecule has 1 aromatic rings. The van der Waals surface area contributed by atoms with Crippen molar-refractivity contribution in [1.29, 1.82) is 0 Å². The molecule has 0 saturated heterocycles. The first kappa shape index (κ1) is 21.6. The molecule has 26 heavy (non-hydrogen) atoms. The Morgan fingerprint density at radius 3 is 1.46 bits per heavy atom. The summed E-state index contributed by atoms with van der Waals surface area (Å²) in [7, 11) is 0. The van der Waals surface area contributed by atoms with Crippen molar-refractivity contribution in [1.82, 2.24) is 15.0 Å². The van der Waals surface area contributed by atoms with Gasteiger partial charge in [0.05, 0.1) is 0 Å². The third-order valence-electron chi connectivity index (χ3n) is 5.16. The van der Waals surface area contributed by atoms with Crippen molar-refractivity contribution in [3.8, 4) is 0 Å². The van der Waals surface area contributed by atoms with E-state index in [1.807, 2.05) is 0 Å². The molecule has 0 aromatic carbocycles. The van der Waals surface area contributed by atoms with Gasteiger partial charge in [-0.3, -0.25) is 20.2 Å². The van der Waals surface area contributed by atoms with Crippen molar-refractivity contribution in [2.45, 2.75) is 76.0 Å². The van der Waals surface area contributed by atoms with Crippen LogP contribution >= 0.6 is 0 Å². The predicted molar refractivity (Wildman–Crippen MR) is 87.8 cm³/mol. The maximum Gasteiger partial charge on any atom is 1.00 e. The van der Waals surface area contributed by atoms with E-state index >= 15 is 0 Å². The Kier molecular flexibility index (Phi) is 8.33. The number of nitro groups is 2. The van der Waals surface area contributed by atoms with Crippen LogP contribution in [0, 0.1) is 26.4 Å². The first-order valence-corrected chi connectivity index (χ1v) is 8.98. The molecule has 0 bridgehead atoms. The zero-order valence-corrected chi connectivity index (χ0v) is 18.2. The molecule has 3 rings (SSSR count). The average molecular weight is 387 g/mol. The maximum absolute atomic E-state index is 11.1. The van der Waals surface area contributed by atoms with E-state index < -0.39 is 21.8 Å². The first-order chi connectivity index (χ1) is 12.1. The summed E-state index contributed by atoms with van der Waals surface area (Å²) in [5.41, 5.74) is 0. The minimum absolute atomic E-state index is 0. The fourth-order valence-corrected chi connectivity index (χ4v) is 3.83. The van der Waals surface area contributed by atoms with Crippen LogP contribution in [0.15, 0.2) is 0 Å². The first-order valence-electron chi connectivity index (χ1n) is 8.98. The van der Waals surface area contributed by atoms with Crippen molar-refractivity contribution in [3.05, 3.63) is 43.9 Å². The van der Waals surface area contributed by atoms with E-state index in [0.29, 0.717) is 11.6 Å². The Morgan fingerprint density at radius 1 is 0.731 bits per heavy atom. The van der Waals surface area contributed by atoms with E-state index in [1.54, 1.807) is 0 Å². The van der Waals surface area contributed by atoms with Gasteiger partial charge in [-0.1, -0.05) is 38.5 Å². The Balaban J connectivity index is 0.00000243. The Morgan fingerprint density at radius 2 is 1.12 bits per heavy atom. The second-order valence-electron chi connectivity index (χ2n) is 6.88. The molecule has 2 saturated carbocycles. The van der Waals surface area contributed by atoms with E-state index in [9.17, 15) is 20.2 Å². The summed E-state index contributed by atoms with van der Waals surface area (Å²) in [5, 5.41) is 22.3. The smallest absolute Gasteiger partial charge is 0.288 e. The van der Waals surface area contributed by atoms with Gasteiger partial charge in [0.2, 0.25) is 0 Å².